The van der Waals surface area contributed by atoms with E-state index in [9.17, 15) is 4.79 Å². The van der Waals surface area contributed by atoms with Gasteiger partial charge in [-0.25, -0.2) is 4.98 Å². The minimum absolute atomic E-state index is 0.166. The molecule has 0 fully saturated rings. The van der Waals surface area contributed by atoms with Crippen molar-refractivity contribution < 1.29 is 23.7 Å². The fourth-order valence-corrected chi connectivity index (χ4v) is 3.41. The van der Waals surface area contributed by atoms with Gasteiger partial charge in [-0.05, 0) is 31.5 Å². The van der Waals surface area contributed by atoms with Crippen LogP contribution in [0, 0.1) is 13.8 Å². The van der Waals surface area contributed by atoms with Crippen LogP contribution < -0.4 is 16.4 Å². The Bertz CT molecular complexity index is 802. The molecule has 0 aliphatic rings. The molecule has 0 spiro atoms. The second-order valence-corrected chi connectivity index (χ2v) is 8.11. The summed E-state index contributed by atoms with van der Waals surface area (Å²) in [6.45, 7) is 9.27. The van der Waals surface area contributed by atoms with Crippen molar-refractivity contribution in [1.82, 2.24) is 4.98 Å². The first kappa shape index (κ1) is 26.2. The standard InChI is InChI=1S/C22H34N4O5S/c1-17-16-25-22(32-17)26-21(27)19-4-3-5-20(18(19)2)24-7-9-29-11-13-31-15-14-30-12-10-28-8-6-23/h3-5,16,24H,6-15,23H2,1-2H3,(H,25,26,27). The van der Waals surface area contributed by atoms with Gasteiger partial charge in [0.05, 0.1) is 52.9 Å². The Balaban J connectivity index is 1.56. The van der Waals surface area contributed by atoms with Gasteiger partial charge in [0.25, 0.3) is 5.91 Å². The molecule has 0 atom stereocenters. The van der Waals surface area contributed by atoms with Crippen molar-refractivity contribution >= 4 is 28.1 Å². The summed E-state index contributed by atoms with van der Waals surface area (Å²) in [6, 6.07) is 5.61. The molecule has 1 amide bonds. The van der Waals surface area contributed by atoms with Gasteiger partial charge >= 0.3 is 0 Å². The molecule has 10 heteroatoms. The molecular formula is C22H34N4O5S. The van der Waals surface area contributed by atoms with E-state index in [-0.39, 0.29) is 5.91 Å². The number of nitrogens with zero attached hydrogens (tertiary/aromatic N) is 1. The van der Waals surface area contributed by atoms with Crippen LogP contribution in [0.5, 0.6) is 0 Å². The molecule has 1 heterocycles. The first-order chi connectivity index (χ1) is 15.6. The number of carbonyl (C=O) groups is 1. The van der Waals surface area contributed by atoms with Crippen LogP contribution in [0.1, 0.15) is 20.8 Å². The van der Waals surface area contributed by atoms with E-state index in [2.05, 4.69) is 15.6 Å². The molecule has 0 aliphatic heterocycles. The Labute approximate surface area is 193 Å². The van der Waals surface area contributed by atoms with Crippen LogP contribution in [-0.2, 0) is 18.9 Å². The van der Waals surface area contributed by atoms with E-state index in [0.29, 0.717) is 76.6 Å². The van der Waals surface area contributed by atoms with E-state index in [1.54, 1.807) is 12.3 Å². The largest absolute Gasteiger partial charge is 0.382 e. The maximum absolute atomic E-state index is 12.6. The van der Waals surface area contributed by atoms with Gasteiger partial charge in [-0.2, -0.15) is 0 Å². The summed E-state index contributed by atoms with van der Waals surface area (Å²) in [6.07, 6.45) is 1.74. The predicted octanol–water partition coefficient (Wildman–Crippen LogP) is 2.45. The lowest BCUT2D eigenvalue weighted by Crippen LogP contribution is -2.17. The van der Waals surface area contributed by atoms with E-state index in [0.717, 1.165) is 16.1 Å². The number of hydrogen-bond acceptors (Lipinski definition) is 9. The molecule has 0 radical (unpaired) electrons. The van der Waals surface area contributed by atoms with E-state index < -0.39 is 0 Å². The summed E-state index contributed by atoms with van der Waals surface area (Å²) in [5, 5.41) is 6.77. The molecule has 178 valence electrons. The van der Waals surface area contributed by atoms with Crippen molar-refractivity contribution in [2.24, 2.45) is 5.73 Å². The average Bonchev–Trinajstić information content (AvgIpc) is 3.19. The van der Waals surface area contributed by atoms with Crippen molar-refractivity contribution in [2.75, 3.05) is 76.6 Å². The smallest absolute Gasteiger partial charge is 0.257 e. The number of aryl methyl sites for hydroxylation is 1. The first-order valence-corrected chi connectivity index (χ1v) is 11.5. The Morgan fingerprint density at radius 1 is 0.969 bits per heavy atom. The van der Waals surface area contributed by atoms with Crippen molar-refractivity contribution in [1.29, 1.82) is 0 Å². The average molecular weight is 467 g/mol. The van der Waals surface area contributed by atoms with Crippen LogP contribution in [0.4, 0.5) is 10.8 Å². The maximum atomic E-state index is 12.6. The zero-order chi connectivity index (χ0) is 23.0. The van der Waals surface area contributed by atoms with Gasteiger partial charge in [0.1, 0.15) is 0 Å². The number of anilines is 2. The van der Waals surface area contributed by atoms with Crippen LogP contribution in [0.3, 0.4) is 0 Å². The van der Waals surface area contributed by atoms with Crippen LogP contribution in [-0.4, -0.2) is 76.8 Å². The molecule has 0 aliphatic carbocycles. The second-order valence-electron chi connectivity index (χ2n) is 6.87. The first-order valence-electron chi connectivity index (χ1n) is 10.7. The SMILES string of the molecule is Cc1cnc(NC(=O)c2cccc(NCCOCCOCCOCCOCCN)c2C)s1. The molecule has 1 aromatic heterocycles. The lowest BCUT2D eigenvalue weighted by atomic mass is 10.1. The molecule has 0 saturated heterocycles. The Kier molecular flexibility index (Phi) is 12.8. The number of carbonyl (C=O) groups excluding carboxylic acids is 1. The molecule has 0 saturated carbocycles. The fourth-order valence-electron chi connectivity index (χ4n) is 2.75. The van der Waals surface area contributed by atoms with Gasteiger partial charge in [-0.1, -0.05) is 6.07 Å². The zero-order valence-corrected chi connectivity index (χ0v) is 19.7. The number of hydrogen-bond donors (Lipinski definition) is 3. The number of amides is 1. The molecule has 4 N–H and O–H groups in total. The van der Waals surface area contributed by atoms with Crippen molar-refractivity contribution in [2.45, 2.75) is 13.8 Å². The number of thiazole rings is 1. The number of ether oxygens (including phenoxy) is 4. The molecule has 2 rings (SSSR count). The van der Waals surface area contributed by atoms with Crippen molar-refractivity contribution in [3.05, 3.63) is 40.4 Å². The molecule has 0 bridgehead atoms. The topological polar surface area (TPSA) is 117 Å². The minimum Gasteiger partial charge on any atom is -0.382 e. The number of nitrogens with two attached hydrogens (primary N) is 1. The van der Waals surface area contributed by atoms with Crippen LogP contribution in [0.15, 0.2) is 24.4 Å². The number of benzene rings is 1. The quantitative estimate of drug-likeness (QED) is 0.304. The number of nitrogens with one attached hydrogen (secondary N) is 2. The lowest BCUT2D eigenvalue weighted by molar-refractivity contribution is 0.0000716. The highest BCUT2D eigenvalue weighted by molar-refractivity contribution is 7.15. The summed E-state index contributed by atoms with van der Waals surface area (Å²) in [5.74, 6) is -0.166. The second kappa shape index (κ2) is 15.7. The van der Waals surface area contributed by atoms with Crippen LogP contribution in [0.25, 0.3) is 0 Å². The van der Waals surface area contributed by atoms with E-state index in [1.165, 1.54) is 11.3 Å². The van der Waals surface area contributed by atoms with Gasteiger partial charge in [0.15, 0.2) is 5.13 Å². The predicted molar refractivity (Wildman–Crippen MR) is 127 cm³/mol. The summed E-state index contributed by atoms with van der Waals surface area (Å²) < 4.78 is 21.6. The van der Waals surface area contributed by atoms with Crippen LogP contribution >= 0.6 is 11.3 Å². The van der Waals surface area contributed by atoms with E-state index >= 15 is 0 Å². The summed E-state index contributed by atoms with van der Waals surface area (Å²) >= 11 is 1.45. The van der Waals surface area contributed by atoms with E-state index in [1.807, 2.05) is 26.0 Å². The van der Waals surface area contributed by atoms with Gasteiger partial charge in [-0.15, -0.1) is 11.3 Å². The normalized spacial score (nSPS) is 11.0. The molecule has 2 aromatic rings. The monoisotopic (exact) mass is 466 g/mol. The Morgan fingerprint density at radius 3 is 2.19 bits per heavy atom. The third-order valence-electron chi connectivity index (χ3n) is 4.36. The minimum atomic E-state index is -0.166. The summed E-state index contributed by atoms with van der Waals surface area (Å²) in [5.41, 5.74) is 7.73. The number of rotatable bonds is 17. The highest BCUT2D eigenvalue weighted by Gasteiger charge is 2.13. The molecule has 0 unspecified atom stereocenters. The van der Waals surface area contributed by atoms with Gasteiger partial charge < -0.3 is 30.0 Å². The van der Waals surface area contributed by atoms with Crippen molar-refractivity contribution in [3.8, 4) is 0 Å². The zero-order valence-electron chi connectivity index (χ0n) is 18.9. The fraction of sp³-hybridized carbons (Fsp3) is 0.545. The van der Waals surface area contributed by atoms with Crippen LogP contribution in [0.2, 0.25) is 0 Å². The summed E-state index contributed by atoms with van der Waals surface area (Å²) in [4.78, 5) is 17.8. The number of aromatic nitrogens is 1. The molecular weight excluding hydrogens is 432 g/mol. The highest BCUT2D eigenvalue weighted by atomic mass is 32.1. The summed E-state index contributed by atoms with van der Waals surface area (Å²) in [7, 11) is 0. The third kappa shape index (κ3) is 10.0. The van der Waals surface area contributed by atoms with Gasteiger partial charge in [0, 0.05) is 35.4 Å². The molecule has 32 heavy (non-hydrogen) atoms. The third-order valence-corrected chi connectivity index (χ3v) is 5.19. The van der Waals surface area contributed by atoms with Gasteiger partial charge in [-0.3, -0.25) is 10.1 Å². The lowest BCUT2D eigenvalue weighted by Gasteiger charge is -2.13. The molecule has 1 aromatic carbocycles. The Hall–Kier alpha value is -2.08. The van der Waals surface area contributed by atoms with Gasteiger partial charge in [0.2, 0.25) is 0 Å². The van der Waals surface area contributed by atoms with E-state index in [4.69, 9.17) is 24.7 Å². The van der Waals surface area contributed by atoms with Crippen molar-refractivity contribution in [3.63, 3.8) is 0 Å². The molecule has 9 nitrogen and oxygen atoms in total. The highest BCUT2D eigenvalue weighted by Crippen LogP contribution is 2.22. The Morgan fingerprint density at radius 2 is 1.59 bits per heavy atom. The maximum Gasteiger partial charge on any atom is 0.257 e.